The molecule has 0 aliphatic carbocycles. The van der Waals surface area contributed by atoms with Crippen molar-refractivity contribution in [3.8, 4) is 22.9 Å². The van der Waals surface area contributed by atoms with E-state index in [1.165, 1.54) is 5.56 Å². The first-order valence-corrected chi connectivity index (χ1v) is 6.82. The molecule has 0 aliphatic heterocycles. The molecule has 4 nitrogen and oxygen atoms in total. The van der Waals surface area contributed by atoms with Gasteiger partial charge in [0, 0.05) is 30.9 Å². The van der Waals surface area contributed by atoms with E-state index in [4.69, 9.17) is 4.42 Å². The van der Waals surface area contributed by atoms with Gasteiger partial charge in [-0.1, -0.05) is 17.7 Å². The maximum atomic E-state index is 5.78. The van der Waals surface area contributed by atoms with Crippen LogP contribution in [0.5, 0.6) is 0 Å². The van der Waals surface area contributed by atoms with Gasteiger partial charge in [0.25, 0.3) is 0 Å². The Balaban J connectivity index is 1.91. The molecule has 0 radical (unpaired) electrons. The lowest BCUT2D eigenvalue weighted by atomic mass is 10.1. The smallest absolute Gasteiger partial charge is 0.248 e. The largest absolute Gasteiger partial charge is 0.416 e. The van der Waals surface area contributed by atoms with E-state index >= 15 is 0 Å². The Labute approximate surface area is 124 Å². The second-order valence-corrected chi connectivity index (χ2v) is 5.22. The number of hydrogen-bond donors (Lipinski definition) is 0. The van der Waals surface area contributed by atoms with Gasteiger partial charge in [-0.2, -0.15) is 0 Å². The Hall–Kier alpha value is -2.62. The predicted molar refractivity (Wildman–Crippen MR) is 84.2 cm³/mol. The van der Waals surface area contributed by atoms with Crippen LogP contribution in [0.15, 0.2) is 52.9 Å². The molecule has 0 atom stereocenters. The van der Waals surface area contributed by atoms with E-state index in [0.29, 0.717) is 11.8 Å². The third-order valence-corrected chi connectivity index (χ3v) is 3.32. The Bertz CT molecular complexity index is 745. The summed E-state index contributed by atoms with van der Waals surface area (Å²) in [5.41, 5.74) is 4.17. The SMILES string of the molecule is Cc1cccc(-c2nnc(-c3ccc(N(C)C)cc3)o2)c1. The minimum absolute atomic E-state index is 0.539. The van der Waals surface area contributed by atoms with Gasteiger partial charge in [-0.3, -0.25) is 0 Å². The summed E-state index contributed by atoms with van der Waals surface area (Å²) in [4.78, 5) is 2.05. The van der Waals surface area contributed by atoms with Crippen LogP contribution in [0.3, 0.4) is 0 Å². The molecule has 0 saturated heterocycles. The van der Waals surface area contributed by atoms with Gasteiger partial charge in [-0.25, -0.2) is 0 Å². The summed E-state index contributed by atoms with van der Waals surface area (Å²) in [6.07, 6.45) is 0. The first-order chi connectivity index (χ1) is 10.1. The number of benzene rings is 2. The molecule has 0 aliphatic rings. The third-order valence-electron chi connectivity index (χ3n) is 3.32. The number of nitrogens with zero attached hydrogens (tertiary/aromatic N) is 3. The van der Waals surface area contributed by atoms with Gasteiger partial charge in [0.2, 0.25) is 11.8 Å². The maximum absolute atomic E-state index is 5.78. The number of hydrogen-bond acceptors (Lipinski definition) is 4. The Morgan fingerprint density at radius 3 is 2.14 bits per heavy atom. The number of aromatic nitrogens is 2. The van der Waals surface area contributed by atoms with Crippen LogP contribution < -0.4 is 4.90 Å². The molecule has 3 aromatic rings. The van der Waals surface area contributed by atoms with Crippen LogP contribution in [-0.4, -0.2) is 24.3 Å². The van der Waals surface area contributed by atoms with E-state index < -0.39 is 0 Å². The second kappa shape index (κ2) is 5.40. The lowest BCUT2D eigenvalue weighted by Crippen LogP contribution is -2.07. The van der Waals surface area contributed by atoms with Crippen molar-refractivity contribution in [3.05, 3.63) is 54.1 Å². The van der Waals surface area contributed by atoms with Crippen LogP contribution in [-0.2, 0) is 0 Å². The van der Waals surface area contributed by atoms with Gasteiger partial charge in [0.1, 0.15) is 0 Å². The molecule has 1 aromatic heterocycles. The molecular formula is C17H17N3O. The van der Waals surface area contributed by atoms with Crippen molar-refractivity contribution in [2.75, 3.05) is 19.0 Å². The molecule has 2 aromatic carbocycles. The quantitative estimate of drug-likeness (QED) is 0.731. The van der Waals surface area contributed by atoms with E-state index in [0.717, 1.165) is 16.8 Å². The van der Waals surface area contributed by atoms with Crippen LogP contribution in [0.25, 0.3) is 22.9 Å². The summed E-state index contributed by atoms with van der Waals surface area (Å²) in [5, 5.41) is 8.27. The zero-order valence-electron chi connectivity index (χ0n) is 12.4. The highest BCUT2D eigenvalue weighted by molar-refractivity contribution is 5.61. The molecule has 0 amide bonds. The first-order valence-electron chi connectivity index (χ1n) is 6.82. The summed E-state index contributed by atoms with van der Waals surface area (Å²) in [5.74, 6) is 1.09. The standard InChI is InChI=1S/C17H17N3O/c1-12-5-4-6-14(11-12)17-19-18-16(21-17)13-7-9-15(10-8-13)20(2)3/h4-11H,1-3H3. The average Bonchev–Trinajstić information content (AvgIpc) is 2.97. The maximum Gasteiger partial charge on any atom is 0.248 e. The number of rotatable bonds is 3. The molecule has 106 valence electrons. The van der Waals surface area contributed by atoms with Crippen molar-refractivity contribution in [1.82, 2.24) is 10.2 Å². The molecule has 1 heterocycles. The summed E-state index contributed by atoms with van der Waals surface area (Å²) in [6.45, 7) is 2.04. The summed E-state index contributed by atoms with van der Waals surface area (Å²) in [7, 11) is 4.02. The van der Waals surface area contributed by atoms with Gasteiger partial charge >= 0.3 is 0 Å². The molecule has 0 N–H and O–H groups in total. The van der Waals surface area contributed by atoms with Gasteiger partial charge in [-0.15, -0.1) is 10.2 Å². The molecule has 0 fully saturated rings. The zero-order valence-corrected chi connectivity index (χ0v) is 12.4. The number of anilines is 1. The fraction of sp³-hybridized carbons (Fsp3) is 0.176. The molecule has 21 heavy (non-hydrogen) atoms. The molecule has 0 unspecified atom stereocenters. The Morgan fingerprint density at radius 2 is 1.52 bits per heavy atom. The van der Waals surface area contributed by atoms with Crippen molar-refractivity contribution in [3.63, 3.8) is 0 Å². The van der Waals surface area contributed by atoms with E-state index in [1.807, 2.05) is 69.6 Å². The fourth-order valence-electron chi connectivity index (χ4n) is 2.14. The average molecular weight is 279 g/mol. The van der Waals surface area contributed by atoms with Crippen molar-refractivity contribution in [2.24, 2.45) is 0 Å². The highest BCUT2D eigenvalue weighted by Crippen LogP contribution is 2.25. The normalized spacial score (nSPS) is 10.6. The minimum Gasteiger partial charge on any atom is -0.416 e. The van der Waals surface area contributed by atoms with Gasteiger partial charge in [0.15, 0.2) is 0 Å². The van der Waals surface area contributed by atoms with Crippen molar-refractivity contribution in [1.29, 1.82) is 0 Å². The summed E-state index contributed by atoms with van der Waals surface area (Å²) < 4.78 is 5.78. The van der Waals surface area contributed by atoms with Crippen LogP contribution >= 0.6 is 0 Å². The zero-order chi connectivity index (χ0) is 14.8. The number of aryl methyl sites for hydroxylation is 1. The van der Waals surface area contributed by atoms with Crippen molar-refractivity contribution < 1.29 is 4.42 Å². The van der Waals surface area contributed by atoms with Crippen molar-refractivity contribution >= 4 is 5.69 Å². The van der Waals surface area contributed by atoms with Crippen LogP contribution in [0.1, 0.15) is 5.56 Å². The lowest BCUT2D eigenvalue weighted by Gasteiger charge is -2.11. The van der Waals surface area contributed by atoms with E-state index in [2.05, 4.69) is 15.1 Å². The highest BCUT2D eigenvalue weighted by atomic mass is 16.4. The van der Waals surface area contributed by atoms with E-state index in [1.54, 1.807) is 0 Å². The van der Waals surface area contributed by atoms with Gasteiger partial charge in [-0.05, 0) is 43.3 Å². The summed E-state index contributed by atoms with van der Waals surface area (Å²) in [6, 6.07) is 16.1. The first kappa shape index (κ1) is 13.4. The molecule has 0 saturated carbocycles. The van der Waals surface area contributed by atoms with Crippen molar-refractivity contribution in [2.45, 2.75) is 6.92 Å². The molecular weight excluding hydrogens is 262 g/mol. The van der Waals surface area contributed by atoms with E-state index in [-0.39, 0.29) is 0 Å². The summed E-state index contributed by atoms with van der Waals surface area (Å²) >= 11 is 0. The minimum atomic E-state index is 0.539. The Morgan fingerprint density at radius 1 is 0.857 bits per heavy atom. The van der Waals surface area contributed by atoms with Crippen LogP contribution in [0, 0.1) is 6.92 Å². The van der Waals surface area contributed by atoms with Gasteiger partial charge in [0.05, 0.1) is 0 Å². The molecule has 0 bridgehead atoms. The van der Waals surface area contributed by atoms with Gasteiger partial charge < -0.3 is 9.32 Å². The topological polar surface area (TPSA) is 42.2 Å². The molecule has 4 heteroatoms. The second-order valence-electron chi connectivity index (χ2n) is 5.22. The molecule has 0 spiro atoms. The van der Waals surface area contributed by atoms with Crippen LogP contribution in [0.4, 0.5) is 5.69 Å². The highest BCUT2D eigenvalue weighted by Gasteiger charge is 2.10. The molecule has 3 rings (SSSR count). The third kappa shape index (κ3) is 2.79. The lowest BCUT2D eigenvalue weighted by molar-refractivity contribution is 0.584. The van der Waals surface area contributed by atoms with E-state index in [9.17, 15) is 0 Å². The monoisotopic (exact) mass is 279 g/mol. The Kier molecular flexibility index (Phi) is 3.44. The fourth-order valence-corrected chi connectivity index (χ4v) is 2.14. The van der Waals surface area contributed by atoms with Crippen LogP contribution in [0.2, 0.25) is 0 Å². The predicted octanol–water partition coefficient (Wildman–Crippen LogP) is 3.78.